The lowest BCUT2D eigenvalue weighted by atomic mass is 9.93. The van der Waals surface area contributed by atoms with Gasteiger partial charge >= 0.3 is 0 Å². The van der Waals surface area contributed by atoms with Gasteiger partial charge in [0, 0.05) is 16.7 Å². The smallest absolute Gasteiger partial charge is 0.291 e. The highest BCUT2D eigenvalue weighted by Crippen LogP contribution is 2.34. The molecular weight excluding hydrogens is 321 g/mol. The van der Waals surface area contributed by atoms with E-state index in [9.17, 15) is 9.18 Å². The molecule has 0 unspecified atom stereocenters. The third-order valence-electron chi connectivity index (χ3n) is 3.92. The van der Waals surface area contributed by atoms with Gasteiger partial charge in [0.2, 0.25) is 5.88 Å². The number of hydrogen-bond acceptors (Lipinski definition) is 4. The van der Waals surface area contributed by atoms with Gasteiger partial charge in [-0.15, -0.1) is 10.2 Å². The number of benzene rings is 1. The second-order valence-electron chi connectivity index (χ2n) is 5.81. The maximum absolute atomic E-state index is 13.1. The van der Waals surface area contributed by atoms with E-state index in [2.05, 4.69) is 21.8 Å². The molecule has 0 saturated heterocycles. The molecular formula is C19H16FN3O2. The number of aryl methyl sites for hydroxylation is 2. The molecule has 0 atom stereocenters. The first-order valence-electron chi connectivity index (χ1n) is 7.64. The number of allylic oxidation sites excluding steroid dienone is 1. The fraction of sp³-hybridized carbons (Fsp3) is 0.158. The zero-order valence-electron chi connectivity index (χ0n) is 14.1. The number of aromatic nitrogens is 1. The van der Waals surface area contributed by atoms with Crippen LogP contribution in [-0.4, -0.2) is 10.9 Å². The first-order valence-corrected chi connectivity index (χ1v) is 7.64. The number of carbonyl (C=O) groups excluding carboxylic acids is 1. The highest BCUT2D eigenvalue weighted by atomic mass is 19.1. The lowest BCUT2D eigenvalue weighted by molar-refractivity contribution is -0.114. The summed E-state index contributed by atoms with van der Waals surface area (Å²) in [6.07, 6.45) is 1.11. The standard InChI is InChI=1S/C19H16FN3O2/c1-10-8-15(25-19-11(2)7-14(20)9-21-19)5-6-16(10)17-12(3)18(24)23-22-13(17)4/h5-9H,4H2,1-3H3. The van der Waals surface area contributed by atoms with E-state index >= 15 is 0 Å². The van der Waals surface area contributed by atoms with Crippen molar-refractivity contribution in [3.8, 4) is 11.6 Å². The van der Waals surface area contributed by atoms with E-state index in [4.69, 9.17) is 4.74 Å². The fourth-order valence-corrected chi connectivity index (χ4v) is 2.64. The third kappa shape index (κ3) is 3.24. The van der Waals surface area contributed by atoms with Crippen molar-refractivity contribution in [3.63, 3.8) is 0 Å². The van der Waals surface area contributed by atoms with Crippen LogP contribution in [0.25, 0.3) is 5.57 Å². The Bertz CT molecular complexity index is 961. The Morgan fingerprint density at radius 2 is 1.84 bits per heavy atom. The monoisotopic (exact) mass is 337 g/mol. The molecule has 2 heterocycles. The Balaban J connectivity index is 1.95. The number of nitrogens with zero attached hydrogens (tertiary/aromatic N) is 3. The highest BCUT2D eigenvalue weighted by molar-refractivity contribution is 6.05. The summed E-state index contributed by atoms with van der Waals surface area (Å²) in [5.41, 5.74) is 3.97. The maximum Gasteiger partial charge on any atom is 0.291 e. The van der Waals surface area contributed by atoms with Gasteiger partial charge in [-0.05, 0) is 50.1 Å². The Morgan fingerprint density at radius 1 is 1.08 bits per heavy atom. The first-order chi connectivity index (χ1) is 11.9. The van der Waals surface area contributed by atoms with E-state index in [-0.39, 0.29) is 5.91 Å². The fourth-order valence-electron chi connectivity index (χ4n) is 2.64. The average Bonchev–Trinajstić information content (AvgIpc) is 2.56. The summed E-state index contributed by atoms with van der Waals surface area (Å²) in [5.74, 6) is 0.132. The molecule has 0 aliphatic carbocycles. The van der Waals surface area contributed by atoms with Crippen LogP contribution in [0.5, 0.6) is 11.6 Å². The molecule has 0 saturated carbocycles. The van der Waals surface area contributed by atoms with Gasteiger partial charge in [-0.2, -0.15) is 0 Å². The minimum absolute atomic E-state index is 0.343. The van der Waals surface area contributed by atoms with Crippen molar-refractivity contribution in [3.05, 3.63) is 70.8 Å². The Hall–Kier alpha value is -3.15. The number of ether oxygens (including phenoxy) is 1. The Labute approximate surface area is 144 Å². The molecule has 126 valence electrons. The third-order valence-corrected chi connectivity index (χ3v) is 3.92. The molecule has 1 aliphatic rings. The number of carbonyl (C=O) groups is 1. The van der Waals surface area contributed by atoms with Crippen molar-refractivity contribution in [2.45, 2.75) is 20.8 Å². The van der Waals surface area contributed by atoms with Crippen molar-refractivity contribution in [1.82, 2.24) is 4.98 Å². The van der Waals surface area contributed by atoms with E-state index in [0.717, 1.165) is 17.3 Å². The summed E-state index contributed by atoms with van der Waals surface area (Å²) < 4.78 is 18.9. The molecule has 2 aromatic rings. The molecule has 6 heteroatoms. The molecule has 0 fully saturated rings. The molecule has 0 spiro atoms. The van der Waals surface area contributed by atoms with Gasteiger partial charge < -0.3 is 4.74 Å². The normalized spacial score (nSPS) is 14.2. The van der Waals surface area contributed by atoms with Crippen molar-refractivity contribution in [1.29, 1.82) is 0 Å². The lowest BCUT2D eigenvalue weighted by Gasteiger charge is -2.16. The Kier molecular flexibility index (Phi) is 4.27. The van der Waals surface area contributed by atoms with Gasteiger partial charge in [-0.3, -0.25) is 4.79 Å². The van der Waals surface area contributed by atoms with Crippen LogP contribution in [-0.2, 0) is 4.79 Å². The molecule has 1 aromatic heterocycles. The molecule has 1 amide bonds. The van der Waals surface area contributed by atoms with Gasteiger partial charge in [-0.1, -0.05) is 12.6 Å². The number of amides is 1. The maximum atomic E-state index is 13.1. The summed E-state index contributed by atoms with van der Waals surface area (Å²) in [4.78, 5) is 15.7. The topological polar surface area (TPSA) is 63.9 Å². The van der Waals surface area contributed by atoms with E-state index in [1.165, 1.54) is 6.07 Å². The van der Waals surface area contributed by atoms with Crippen molar-refractivity contribution < 1.29 is 13.9 Å². The van der Waals surface area contributed by atoms with Crippen LogP contribution >= 0.6 is 0 Å². The highest BCUT2D eigenvalue weighted by Gasteiger charge is 2.21. The summed E-state index contributed by atoms with van der Waals surface area (Å²) in [5, 5.41) is 7.37. The molecule has 1 aromatic carbocycles. The number of azo groups is 1. The van der Waals surface area contributed by atoms with Crippen LogP contribution in [0.1, 0.15) is 23.6 Å². The van der Waals surface area contributed by atoms with Crippen LogP contribution in [0.15, 0.2) is 58.5 Å². The van der Waals surface area contributed by atoms with Gasteiger partial charge in [-0.25, -0.2) is 9.37 Å². The van der Waals surface area contributed by atoms with Crippen molar-refractivity contribution >= 4 is 11.5 Å². The predicted molar refractivity (Wildman–Crippen MR) is 91.8 cm³/mol. The second-order valence-corrected chi connectivity index (χ2v) is 5.81. The predicted octanol–water partition coefficient (Wildman–Crippen LogP) is 4.91. The van der Waals surface area contributed by atoms with Crippen LogP contribution in [0, 0.1) is 19.7 Å². The van der Waals surface area contributed by atoms with Crippen LogP contribution in [0.3, 0.4) is 0 Å². The minimum atomic E-state index is -0.409. The second kappa shape index (κ2) is 6.39. The summed E-state index contributed by atoms with van der Waals surface area (Å²) in [7, 11) is 0. The molecule has 5 nitrogen and oxygen atoms in total. The molecule has 3 rings (SSSR count). The average molecular weight is 337 g/mol. The molecule has 25 heavy (non-hydrogen) atoms. The zero-order valence-corrected chi connectivity index (χ0v) is 14.1. The largest absolute Gasteiger partial charge is 0.439 e. The number of pyridine rings is 1. The summed E-state index contributed by atoms with van der Waals surface area (Å²) in [6, 6.07) is 6.78. The molecule has 0 N–H and O–H groups in total. The van der Waals surface area contributed by atoms with Gasteiger partial charge in [0.1, 0.15) is 11.6 Å². The van der Waals surface area contributed by atoms with E-state index < -0.39 is 5.82 Å². The van der Waals surface area contributed by atoms with Gasteiger partial charge in [0.25, 0.3) is 5.91 Å². The zero-order chi connectivity index (χ0) is 18.1. The van der Waals surface area contributed by atoms with Crippen molar-refractivity contribution in [2.75, 3.05) is 0 Å². The summed E-state index contributed by atoms with van der Waals surface area (Å²) in [6.45, 7) is 9.19. The lowest BCUT2D eigenvalue weighted by Crippen LogP contribution is -2.06. The van der Waals surface area contributed by atoms with E-state index in [1.54, 1.807) is 19.9 Å². The number of hydrogen-bond donors (Lipinski definition) is 0. The van der Waals surface area contributed by atoms with Gasteiger partial charge in [0.05, 0.1) is 11.9 Å². The molecule has 0 bridgehead atoms. The van der Waals surface area contributed by atoms with E-state index in [1.807, 2.05) is 19.1 Å². The van der Waals surface area contributed by atoms with Crippen LogP contribution in [0.4, 0.5) is 4.39 Å². The number of rotatable bonds is 3. The van der Waals surface area contributed by atoms with Crippen molar-refractivity contribution in [2.24, 2.45) is 10.2 Å². The summed E-state index contributed by atoms with van der Waals surface area (Å²) >= 11 is 0. The molecule has 0 radical (unpaired) electrons. The quantitative estimate of drug-likeness (QED) is 0.799. The SMILES string of the molecule is C=C1N=NC(=O)C(C)=C1c1ccc(Oc2ncc(F)cc2C)cc1C. The first kappa shape index (κ1) is 16.7. The van der Waals surface area contributed by atoms with Crippen LogP contribution < -0.4 is 4.74 Å². The Morgan fingerprint density at radius 3 is 2.52 bits per heavy atom. The van der Waals surface area contributed by atoms with Crippen LogP contribution in [0.2, 0.25) is 0 Å². The molecule has 1 aliphatic heterocycles. The van der Waals surface area contributed by atoms with E-state index in [0.29, 0.717) is 34.0 Å². The minimum Gasteiger partial charge on any atom is -0.439 e. The number of halogens is 1. The van der Waals surface area contributed by atoms with Gasteiger partial charge in [0.15, 0.2) is 0 Å².